The minimum absolute atomic E-state index is 0.399. The number of hydrogen-bond acceptors (Lipinski definition) is 0. The van der Waals surface area contributed by atoms with Gasteiger partial charge in [-0.05, 0) is 61.9 Å². The lowest BCUT2D eigenvalue weighted by molar-refractivity contribution is 0.218. The van der Waals surface area contributed by atoms with Crippen LogP contribution in [0.5, 0.6) is 0 Å². The summed E-state index contributed by atoms with van der Waals surface area (Å²) in [6, 6.07) is 0. The molecule has 0 nitrogen and oxygen atoms in total. The van der Waals surface area contributed by atoms with Crippen molar-refractivity contribution >= 4 is 0 Å². The molecule has 0 aliphatic heterocycles. The minimum Gasteiger partial charge on any atom is -0.115 e. The van der Waals surface area contributed by atoms with Crippen LogP contribution in [0, 0.1) is 23.7 Å². The predicted octanol–water partition coefficient (Wildman–Crippen LogP) is 5.65. The fourth-order valence-electron chi connectivity index (χ4n) is 3.42. The Kier molecular flexibility index (Phi) is 4.56. The molecule has 1 unspecified atom stereocenters. The maximum Gasteiger partial charge on any atom is 0.00498 e. The van der Waals surface area contributed by atoms with Crippen LogP contribution in [0.4, 0.5) is 0 Å². The first-order valence-corrected chi connectivity index (χ1v) is 7.89. The summed E-state index contributed by atoms with van der Waals surface area (Å²) in [5.41, 5.74) is 4.80. The molecule has 2 aliphatic rings. The van der Waals surface area contributed by atoms with E-state index >= 15 is 0 Å². The summed E-state index contributed by atoms with van der Waals surface area (Å²) < 4.78 is 0. The highest BCUT2D eigenvalue weighted by molar-refractivity contribution is 5.41. The van der Waals surface area contributed by atoms with E-state index in [0.717, 1.165) is 12.3 Å². The SMILES string of the molecule is C#CC1=C(C=C2CCCCC2)CC(C(C)(C)C)CC1. The standard InChI is InChI=1S/C19H28/c1-5-16-11-12-18(19(2,3)4)14-17(16)13-15-9-7-6-8-10-15/h1,13,18H,6-12,14H2,2-4H3. The Labute approximate surface area is 119 Å². The summed E-state index contributed by atoms with van der Waals surface area (Å²) >= 11 is 0. The van der Waals surface area contributed by atoms with Crippen LogP contribution < -0.4 is 0 Å². The van der Waals surface area contributed by atoms with Gasteiger partial charge in [0.2, 0.25) is 0 Å². The number of hydrogen-bond donors (Lipinski definition) is 0. The van der Waals surface area contributed by atoms with Gasteiger partial charge in [0.25, 0.3) is 0 Å². The summed E-state index contributed by atoms with van der Waals surface area (Å²) in [7, 11) is 0. The van der Waals surface area contributed by atoms with Crippen LogP contribution >= 0.6 is 0 Å². The van der Waals surface area contributed by atoms with Crippen LogP contribution in [-0.4, -0.2) is 0 Å². The molecule has 0 spiro atoms. The van der Waals surface area contributed by atoms with Gasteiger partial charge < -0.3 is 0 Å². The first-order valence-electron chi connectivity index (χ1n) is 7.89. The van der Waals surface area contributed by atoms with Gasteiger partial charge in [-0.1, -0.05) is 44.8 Å². The molecule has 0 bridgehead atoms. The molecule has 0 aromatic carbocycles. The van der Waals surface area contributed by atoms with Crippen molar-refractivity contribution in [3.05, 3.63) is 22.8 Å². The molecule has 104 valence electrons. The van der Waals surface area contributed by atoms with Gasteiger partial charge in [0, 0.05) is 5.57 Å². The van der Waals surface area contributed by atoms with E-state index in [0.29, 0.717) is 5.41 Å². The zero-order valence-corrected chi connectivity index (χ0v) is 12.9. The van der Waals surface area contributed by atoms with Gasteiger partial charge in [0.05, 0.1) is 0 Å². The Morgan fingerprint density at radius 3 is 2.37 bits per heavy atom. The van der Waals surface area contributed by atoms with Crippen LogP contribution in [0.1, 0.15) is 72.1 Å². The Morgan fingerprint density at radius 2 is 1.79 bits per heavy atom. The summed E-state index contributed by atoms with van der Waals surface area (Å²) in [4.78, 5) is 0. The normalized spacial score (nSPS) is 25.2. The highest BCUT2D eigenvalue weighted by atomic mass is 14.3. The number of rotatable bonds is 1. The predicted molar refractivity (Wildman–Crippen MR) is 83.8 cm³/mol. The van der Waals surface area contributed by atoms with Crippen molar-refractivity contribution in [2.24, 2.45) is 11.3 Å². The van der Waals surface area contributed by atoms with E-state index in [-0.39, 0.29) is 0 Å². The highest BCUT2D eigenvalue weighted by Gasteiger charge is 2.29. The molecule has 0 amide bonds. The molecular weight excluding hydrogens is 228 g/mol. The average molecular weight is 256 g/mol. The molecule has 0 aromatic heterocycles. The van der Waals surface area contributed by atoms with E-state index in [1.807, 2.05) is 0 Å². The maximum atomic E-state index is 5.72. The smallest absolute Gasteiger partial charge is 0.00498 e. The molecule has 1 atom stereocenters. The summed E-state index contributed by atoms with van der Waals surface area (Å²) in [5, 5.41) is 0. The van der Waals surface area contributed by atoms with Crippen LogP contribution in [0.2, 0.25) is 0 Å². The van der Waals surface area contributed by atoms with Crippen LogP contribution in [0.3, 0.4) is 0 Å². The van der Waals surface area contributed by atoms with Crippen LogP contribution in [0.25, 0.3) is 0 Å². The number of allylic oxidation sites excluding steroid dienone is 4. The van der Waals surface area contributed by atoms with E-state index in [1.54, 1.807) is 5.57 Å². The lowest BCUT2D eigenvalue weighted by atomic mass is 9.70. The van der Waals surface area contributed by atoms with E-state index in [2.05, 4.69) is 32.8 Å². The summed E-state index contributed by atoms with van der Waals surface area (Å²) in [5.74, 6) is 3.73. The molecule has 0 aromatic rings. The van der Waals surface area contributed by atoms with Gasteiger partial charge in [-0.25, -0.2) is 0 Å². The van der Waals surface area contributed by atoms with Crippen LogP contribution in [-0.2, 0) is 0 Å². The van der Waals surface area contributed by atoms with Gasteiger partial charge in [-0.15, -0.1) is 6.42 Å². The fourth-order valence-corrected chi connectivity index (χ4v) is 3.42. The Morgan fingerprint density at radius 1 is 1.11 bits per heavy atom. The van der Waals surface area contributed by atoms with E-state index in [1.165, 1.54) is 56.1 Å². The summed E-state index contributed by atoms with van der Waals surface area (Å²) in [6.07, 6.45) is 18.5. The Bertz CT molecular complexity index is 412. The zero-order chi connectivity index (χ0) is 13.9. The average Bonchev–Trinajstić information content (AvgIpc) is 2.39. The molecule has 0 radical (unpaired) electrons. The van der Waals surface area contributed by atoms with Gasteiger partial charge in [-0.2, -0.15) is 0 Å². The van der Waals surface area contributed by atoms with Crippen molar-refractivity contribution in [3.8, 4) is 12.3 Å². The molecule has 1 fully saturated rings. The molecule has 1 saturated carbocycles. The van der Waals surface area contributed by atoms with Crippen molar-refractivity contribution in [2.45, 2.75) is 72.1 Å². The first kappa shape index (κ1) is 14.4. The third kappa shape index (κ3) is 3.75. The molecule has 2 rings (SSSR count). The monoisotopic (exact) mass is 256 g/mol. The lowest BCUT2D eigenvalue weighted by Crippen LogP contribution is -2.24. The van der Waals surface area contributed by atoms with Gasteiger partial charge >= 0.3 is 0 Å². The van der Waals surface area contributed by atoms with Crippen LogP contribution in [0.15, 0.2) is 22.8 Å². The third-order valence-electron chi connectivity index (χ3n) is 4.87. The van der Waals surface area contributed by atoms with Crippen molar-refractivity contribution in [1.29, 1.82) is 0 Å². The maximum absolute atomic E-state index is 5.72. The minimum atomic E-state index is 0.399. The summed E-state index contributed by atoms with van der Waals surface area (Å²) in [6.45, 7) is 7.09. The topological polar surface area (TPSA) is 0 Å². The molecule has 0 N–H and O–H groups in total. The van der Waals surface area contributed by atoms with Crippen molar-refractivity contribution in [1.82, 2.24) is 0 Å². The van der Waals surface area contributed by atoms with E-state index < -0.39 is 0 Å². The molecule has 0 saturated heterocycles. The Hall–Kier alpha value is -0.960. The number of terminal acetylenes is 1. The third-order valence-corrected chi connectivity index (χ3v) is 4.87. The second-order valence-corrected chi connectivity index (χ2v) is 7.32. The van der Waals surface area contributed by atoms with Crippen molar-refractivity contribution in [2.75, 3.05) is 0 Å². The van der Waals surface area contributed by atoms with Crippen molar-refractivity contribution < 1.29 is 0 Å². The van der Waals surface area contributed by atoms with Gasteiger partial charge in [-0.3, -0.25) is 0 Å². The van der Waals surface area contributed by atoms with Crippen molar-refractivity contribution in [3.63, 3.8) is 0 Å². The zero-order valence-electron chi connectivity index (χ0n) is 12.9. The molecule has 0 heterocycles. The second kappa shape index (κ2) is 6.00. The fraction of sp³-hybridized carbons (Fsp3) is 0.684. The molecule has 19 heavy (non-hydrogen) atoms. The second-order valence-electron chi connectivity index (χ2n) is 7.32. The van der Waals surface area contributed by atoms with E-state index in [9.17, 15) is 0 Å². The van der Waals surface area contributed by atoms with E-state index in [4.69, 9.17) is 6.42 Å². The Balaban J connectivity index is 2.19. The quantitative estimate of drug-likeness (QED) is 0.532. The highest BCUT2D eigenvalue weighted by Crippen LogP contribution is 2.41. The van der Waals surface area contributed by atoms with Gasteiger partial charge in [0.1, 0.15) is 0 Å². The first-order chi connectivity index (χ1) is 9.00. The largest absolute Gasteiger partial charge is 0.115 e. The molecule has 2 aliphatic carbocycles. The van der Waals surface area contributed by atoms with Gasteiger partial charge in [0.15, 0.2) is 0 Å². The lowest BCUT2D eigenvalue weighted by Gasteiger charge is -2.35. The molecular formula is C19H28. The molecule has 0 heteroatoms.